The third-order valence-electron chi connectivity index (χ3n) is 5.56. The zero-order valence-electron chi connectivity index (χ0n) is 19.9. The molecule has 0 bridgehead atoms. The van der Waals surface area contributed by atoms with Crippen molar-refractivity contribution >= 4 is 11.8 Å². The van der Waals surface area contributed by atoms with Gasteiger partial charge in [0.2, 0.25) is 11.8 Å². The average molecular weight is 485 g/mol. The van der Waals surface area contributed by atoms with Crippen molar-refractivity contribution in [2.75, 3.05) is 38.7 Å². The number of hydrogen-bond acceptors (Lipinski definition) is 7. The summed E-state index contributed by atoms with van der Waals surface area (Å²) < 4.78 is 26.2. The van der Waals surface area contributed by atoms with Gasteiger partial charge in [0.1, 0.15) is 11.9 Å². The second-order valence-electron chi connectivity index (χ2n) is 7.98. The van der Waals surface area contributed by atoms with Crippen LogP contribution >= 0.6 is 0 Å². The summed E-state index contributed by atoms with van der Waals surface area (Å²) in [6.07, 6.45) is 0.786. The number of rotatable bonds is 9. The van der Waals surface area contributed by atoms with Crippen molar-refractivity contribution in [2.24, 2.45) is 0 Å². The van der Waals surface area contributed by atoms with Gasteiger partial charge in [-0.3, -0.25) is 10.2 Å². The lowest BCUT2D eigenvalue weighted by Crippen LogP contribution is -2.42. The monoisotopic (exact) mass is 484 g/mol. The van der Waals surface area contributed by atoms with Gasteiger partial charge in [-0.1, -0.05) is 18.2 Å². The van der Waals surface area contributed by atoms with Crippen LogP contribution in [0.2, 0.25) is 0 Å². The normalized spacial score (nSPS) is 17.9. The van der Waals surface area contributed by atoms with Crippen molar-refractivity contribution in [1.82, 2.24) is 25.1 Å². The molecule has 1 saturated heterocycles. The number of ether oxygens (including phenoxy) is 2. The SMILES string of the molecule is CCOc1nn(-c2ccccc2)c(NC(=O)N[C@@H]2CN(CCOC)O[C@H]2c2ccnc(F)c2)c1C. The molecule has 0 unspecified atom stereocenters. The molecule has 2 atom stereocenters. The van der Waals surface area contributed by atoms with E-state index in [1.54, 1.807) is 22.9 Å². The number of carbonyl (C=O) groups excluding carboxylic acids is 1. The van der Waals surface area contributed by atoms with E-state index in [0.29, 0.717) is 49.1 Å². The topological polar surface area (TPSA) is 103 Å². The third kappa shape index (κ3) is 5.76. The largest absolute Gasteiger partial charge is 0.477 e. The average Bonchev–Trinajstić information content (AvgIpc) is 3.39. The van der Waals surface area contributed by atoms with Crippen LogP contribution in [0.15, 0.2) is 48.7 Å². The molecule has 2 aromatic heterocycles. The fraction of sp³-hybridized carbons (Fsp3) is 0.375. The Bertz CT molecular complexity index is 1140. The summed E-state index contributed by atoms with van der Waals surface area (Å²) >= 11 is 0. The number of nitrogens with zero attached hydrogens (tertiary/aromatic N) is 4. The maximum Gasteiger partial charge on any atom is 0.320 e. The van der Waals surface area contributed by atoms with Crippen molar-refractivity contribution in [3.63, 3.8) is 0 Å². The zero-order valence-corrected chi connectivity index (χ0v) is 19.9. The van der Waals surface area contributed by atoms with E-state index in [4.69, 9.17) is 14.3 Å². The molecule has 3 heterocycles. The molecular formula is C24H29FN6O4. The molecule has 0 radical (unpaired) electrons. The summed E-state index contributed by atoms with van der Waals surface area (Å²) in [5.41, 5.74) is 2.05. The number of hydrogen-bond donors (Lipinski definition) is 2. The molecular weight excluding hydrogens is 455 g/mol. The molecule has 4 rings (SSSR count). The molecule has 2 N–H and O–H groups in total. The van der Waals surface area contributed by atoms with Crippen LogP contribution in [0, 0.1) is 12.9 Å². The second-order valence-corrected chi connectivity index (χ2v) is 7.98. The standard InChI is InChI=1S/C24H29FN6O4/c1-4-34-23-16(2)22(31(29-23)18-8-6-5-7-9-18)28-24(32)27-19-15-30(12-13-33-3)35-21(19)17-10-11-26-20(25)14-17/h5-11,14,19,21H,4,12-13,15H2,1-3H3,(H2,27,28,32)/t19-,21+/m1/s1. The summed E-state index contributed by atoms with van der Waals surface area (Å²) in [5, 5.41) is 12.1. The third-order valence-corrected chi connectivity index (χ3v) is 5.56. The van der Waals surface area contributed by atoms with E-state index in [1.807, 2.05) is 44.2 Å². The molecule has 1 fully saturated rings. The lowest BCUT2D eigenvalue weighted by Gasteiger charge is -2.19. The second kappa shape index (κ2) is 11.3. The smallest absolute Gasteiger partial charge is 0.320 e. The van der Waals surface area contributed by atoms with Crippen molar-refractivity contribution in [2.45, 2.75) is 26.0 Å². The molecule has 11 heteroatoms. The van der Waals surface area contributed by atoms with E-state index < -0.39 is 24.1 Å². The van der Waals surface area contributed by atoms with Gasteiger partial charge in [0.05, 0.1) is 30.5 Å². The van der Waals surface area contributed by atoms with Crippen LogP contribution in [-0.4, -0.2) is 65.3 Å². The minimum absolute atomic E-state index is 0.395. The van der Waals surface area contributed by atoms with Crippen molar-refractivity contribution in [3.8, 4) is 11.6 Å². The van der Waals surface area contributed by atoms with E-state index in [9.17, 15) is 9.18 Å². The molecule has 1 aromatic carbocycles. The Hall–Kier alpha value is -3.54. The molecule has 0 saturated carbocycles. The maximum atomic E-state index is 13.8. The maximum absolute atomic E-state index is 13.8. The number of anilines is 1. The Morgan fingerprint density at radius 2 is 2.09 bits per heavy atom. The molecule has 1 aliphatic rings. The zero-order chi connectivity index (χ0) is 24.8. The van der Waals surface area contributed by atoms with Gasteiger partial charge in [0, 0.05) is 26.4 Å². The van der Waals surface area contributed by atoms with Crippen molar-refractivity contribution in [1.29, 1.82) is 0 Å². The quantitative estimate of drug-likeness (QED) is 0.450. The highest BCUT2D eigenvalue weighted by atomic mass is 19.1. The number of amides is 2. The Kier molecular flexibility index (Phi) is 7.91. The molecule has 10 nitrogen and oxygen atoms in total. The van der Waals surface area contributed by atoms with Gasteiger partial charge in [-0.15, -0.1) is 5.10 Å². The molecule has 35 heavy (non-hydrogen) atoms. The number of nitrogens with one attached hydrogen (secondary N) is 2. The number of para-hydroxylation sites is 1. The summed E-state index contributed by atoms with van der Waals surface area (Å²) in [7, 11) is 1.60. The van der Waals surface area contributed by atoms with E-state index in [-0.39, 0.29) is 0 Å². The van der Waals surface area contributed by atoms with Gasteiger partial charge >= 0.3 is 6.03 Å². The number of hydroxylamine groups is 2. The number of carbonyl (C=O) groups is 1. The first-order valence-electron chi connectivity index (χ1n) is 11.4. The van der Waals surface area contributed by atoms with E-state index in [1.165, 1.54) is 12.3 Å². The van der Waals surface area contributed by atoms with Crippen LogP contribution < -0.4 is 15.4 Å². The predicted octanol–water partition coefficient (Wildman–Crippen LogP) is 3.24. The van der Waals surface area contributed by atoms with Crippen molar-refractivity contribution < 1.29 is 23.5 Å². The van der Waals surface area contributed by atoms with Gasteiger partial charge in [0.25, 0.3) is 0 Å². The highest BCUT2D eigenvalue weighted by Gasteiger charge is 2.37. The lowest BCUT2D eigenvalue weighted by atomic mass is 10.0. The number of aromatic nitrogens is 3. The first-order valence-corrected chi connectivity index (χ1v) is 11.4. The van der Waals surface area contributed by atoms with Crippen LogP contribution in [0.5, 0.6) is 5.88 Å². The highest BCUT2D eigenvalue weighted by molar-refractivity contribution is 5.90. The van der Waals surface area contributed by atoms with Crippen LogP contribution in [0.3, 0.4) is 0 Å². The lowest BCUT2D eigenvalue weighted by molar-refractivity contribution is -0.154. The van der Waals surface area contributed by atoms with Gasteiger partial charge in [-0.25, -0.2) is 14.5 Å². The summed E-state index contributed by atoms with van der Waals surface area (Å²) in [6, 6.07) is 11.5. The van der Waals surface area contributed by atoms with E-state index >= 15 is 0 Å². The number of methoxy groups -OCH3 is 1. The summed E-state index contributed by atoms with van der Waals surface area (Å²) in [6.45, 7) is 5.49. The minimum Gasteiger partial charge on any atom is -0.477 e. The number of benzene rings is 1. The van der Waals surface area contributed by atoms with Gasteiger partial charge in [-0.2, -0.15) is 9.45 Å². The molecule has 2 amide bonds. The van der Waals surface area contributed by atoms with Crippen LogP contribution in [0.25, 0.3) is 5.69 Å². The molecule has 186 valence electrons. The Morgan fingerprint density at radius 3 is 2.80 bits per heavy atom. The van der Waals surface area contributed by atoms with Crippen LogP contribution in [-0.2, 0) is 9.57 Å². The Morgan fingerprint density at radius 1 is 1.29 bits per heavy atom. The van der Waals surface area contributed by atoms with Crippen LogP contribution in [0.1, 0.15) is 24.2 Å². The van der Waals surface area contributed by atoms with Gasteiger partial charge < -0.3 is 14.8 Å². The van der Waals surface area contributed by atoms with E-state index in [2.05, 4.69) is 20.7 Å². The predicted molar refractivity (Wildman–Crippen MR) is 127 cm³/mol. The highest BCUT2D eigenvalue weighted by Crippen LogP contribution is 2.31. The molecule has 0 spiro atoms. The molecule has 0 aliphatic carbocycles. The summed E-state index contributed by atoms with van der Waals surface area (Å²) in [5.74, 6) is 0.307. The Balaban J connectivity index is 1.55. The minimum atomic E-state index is -0.615. The van der Waals surface area contributed by atoms with Crippen molar-refractivity contribution in [3.05, 3.63) is 65.7 Å². The fourth-order valence-corrected chi connectivity index (χ4v) is 3.90. The Labute approximate surface area is 202 Å². The van der Waals surface area contributed by atoms with Gasteiger partial charge in [0.15, 0.2) is 0 Å². The van der Waals surface area contributed by atoms with E-state index in [0.717, 1.165) is 5.69 Å². The van der Waals surface area contributed by atoms with Crippen LogP contribution in [0.4, 0.5) is 15.0 Å². The number of halogens is 1. The molecule has 1 aliphatic heterocycles. The first kappa shape index (κ1) is 24.6. The summed E-state index contributed by atoms with van der Waals surface area (Å²) in [4.78, 5) is 22.8. The van der Waals surface area contributed by atoms with Gasteiger partial charge in [-0.05, 0) is 43.7 Å². The molecule has 3 aromatic rings. The fourth-order valence-electron chi connectivity index (χ4n) is 3.90. The first-order chi connectivity index (χ1) is 17.0. The number of pyridine rings is 1. The number of urea groups is 1.